The highest BCUT2D eigenvalue weighted by Crippen LogP contribution is 2.27. The van der Waals surface area contributed by atoms with Crippen LogP contribution in [0.3, 0.4) is 0 Å². The highest BCUT2D eigenvalue weighted by molar-refractivity contribution is 7.98. The maximum absolute atomic E-state index is 13.4. The molecule has 7 heteroatoms. The molecule has 2 aromatic heterocycles. The number of benzene rings is 1. The molecule has 0 bridgehead atoms. The number of hydrogen-bond donors (Lipinski definition) is 1. The van der Waals surface area contributed by atoms with E-state index >= 15 is 0 Å². The van der Waals surface area contributed by atoms with E-state index in [0.29, 0.717) is 45.6 Å². The summed E-state index contributed by atoms with van der Waals surface area (Å²) >= 11 is 1.38. The van der Waals surface area contributed by atoms with Crippen molar-refractivity contribution < 1.29 is 0 Å². The lowest BCUT2D eigenvalue weighted by molar-refractivity contribution is 0.681. The molecule has 1 aromatic carbocycles. The Labute approximate surface area is 162 Å². The van der Waals surface area contributed by atoms with Gasteiger partial charge < -0.3 is 5.32 Å². The first-order chi connectivity index (χ1) is 13.0. The van der Waals surface area contributed by atoms with Crippen LogP contribution in [0.5, 0.6) is 0 Å². The Morgan fingerprint density at radius 3 is 2.56 bits per heavy atom. The SMILES string of the molecule is CSc1nc(C)c2c(=O)n(-c3ccccc3)c(NCC(C)C)nc2c1C#N. The fourth-order valence-corrected chi connectivity index (χ4v) is 3.45. The quantitative estimate of drug-likeness (QED) is 0.680. The minimum absolute atomic E-state index is 0.230. The Hall–Kier alpha value is -2.85. The van der Waals surface area contributed by atoms with Crippen molar-refractivity contribution in [2.45, 2.75) is 25.8 Å². The Morgan fingerprint density at radius 1 is 1.26 bits per heavy atom. The molecule has 6 nitrogen and oxygen atoms in total. The third-order valence-electron chi connectivity index (χ3n) is 4.15. The molecule has 0 radical (unpaired) electrons. The standard InChI is InChI=1S/C20H21N5OS/c1-12(2)11-22-20-24-17-15(10-21)18(27-4)23-13(3)16(17)19(26)25(20)14-8-6-5-7-9-14/h5-9,12H,11H2,1-4H3,(H,22,24). The summed E-state index contributed by atoms with van der Waals surface area (Å²) in [7, 11) is 0. The van der Waals surface area contributed by atoms with Gasteiger partial charge in [-0.3, -0.25) is 4.79 Å². The third kappa shape index (κ3) is 3.53. The van der Waals surface area contributed by atoms with Crippen LogP contribution in [0.1, 0.15) is 25.1 Å². The Kier molecular flexibility index (Phi) is 5.47. The fourth-order valence-electron chi connectivity index (χ4n) is 2.87. The van der Waals surface area contributed by atoms with Crippen LogP contribution in [-0.2, 0) is 0 Å². The van der Waals surface area contributed by atoms with Gasteiger partial charge in [0, 0.05) is 6.54 Å². The molecule has 3 aromatic rings. The summed E-state index contributed by atoms with van der Waals surface area (Å²) in [4.78, 5) is 22.6. The molecule has 27 heavy (non-hydrogen) atoms. The Bertz CT molecular complexity index is 1080. The number of aromatic nitrogens is 3. The molecule has 0 unspecified atom stereocenters. The average molecular weight is 379 g/mol. The lowest BCUT2D eigenvalue weighted by atomic mass is 10.1. The van der Waals surface area contributed by atoms with Gasteiger partial charge in [0.2, 0.25) is 5.95 Å². The van der Waals surface area contributed by atoms with Crippen molar-refractivity contribution >= 4 is 28.6 Å². The number of pyridine rings is 1. The van der Waals surface area contributed by atoms with Gasteiger partial charge in [-0.1, -0.05) is 32.0 Å². The van der Waals surface area contributed by atoms with E-state index in [4.69, 9.17) is 4.98 Å². The van der Waals surface area contributed by atoms with Gasteiger partial charge >= 0.3 is 0 Å². The predicted octanol–water partition coefficient (Wildman–Crippen LogP) is 3.75. The molecule has 1 N–H and O–H groups in total. The van der Waals surface area contributed by atoms with Crippen LogP contribution in [0.15, 0.2) is 40.2 Å². The van der Waals surface area contributed by atoms with Gasteiger partial charge in [0.25, 0.3) is 5.56 Å². The van der Waals surface area contributed by atoms with Gasteiger partial charge in [-0.15, -0.1) is 11.8 Å². The van der Waals surface area contributed by atoms with Crippen molar-refractivity contribution in [1.82, 2.24) is 14.5 Å². The zero-order valence-electron chi connectivity index (χ0n) is 15.8. The van der Waals surface area contributed by atoms with Crippen molar-refractivity contribution in [3.8, 4) is 11.8 Å². The first kappa shape index (κ1) is 18.9. The smallest absolute Gasteiger partial charge is 0.269 e. The normalized spacial score (nSPS) is 11.0. The van der Waals surface area contributed by atoms with E-state index in [2.05, 4.69) is 30.2 Å². The highest BCUT2D eigenvalue weighted by atomic mass is 32.2. The number of nitrogens with zero attached hydrogens (tertiary/aromatic N) is 4. The third-order valence-corrected chi connectivity index (χ3v) is 4.84. The summed E-state index contributed by atoms with van der Waals surface area (Å²) in [6.45, 7) is 6.61. The number of thioether (sulfide) groups is 1. The molecule has 0 aliphatic rings. The van der Waals surface area contributed by atoms with Gasteiger partial charge in [-0.05, 0) is 31.2 Å². The summed E-state index contributed by atoms with van der Waals surface area (Å²) < 4.78 is 1.55. The predicted molar refractivity (Wildman–Crippen MR) is 110 cm³/mol. The van der Waals surface area contributed by atoms with Crippen molar-refractivity contribution in [2.24, 2.45) is 5.92 Å². The second-order valence-corrected chi connectivity index (χ2v) is 7.40. The van der Waals surface area contributed by atoms with E-state index in [9.17, 15) is 10.1 Å². The molecule has 0 fully saturated rings. The number of aryl methyl sites for hydroxylation is 1. The lowest BCUT2D eigenvalue weighted by Crippen LogP contribution is -2.26. The maximum atomic E-state index is 13.4. The average Bonchev–Trinajstić information content (AvgIpc) is 2.66. The number of nitrogens with one attached hydrogen (secondary N) is 1. The van der Waals surface area contributed by atoms with Gasteiger partial charge in [-0.2, -0.15) is 5.26 Å². The molecule has 0 spiro atoms. The van der Waals surface area contributed by atoms with Crippen molar-refractivity contribution in [3.63, 3.8) is 0 Å². The van der Waals surface area contributed by atoms with Crippen LogP contribution < -0.4 is 10.9 Å². The van der Waals surface area contributed by atoms with Gasteiger partial charge in [0.15, 0.2) is 0 Å². The zero-order chi connectivity index (χ0) is 19.6. The number of hydrogen-bond acceptors (Lipinski definition) is 6. The molecule has 0 saturated carbocycles. The molecule has 0 atom stereocenters. The summed E-state index contributed by atoms with van der Waals surface area (Å²) in [6, 6.07) is 11.5. The number of rotatable bonds is 5. The number of fused-ring (bicyclic) bond motifs is 1. The number of anilines is 1. The van der Waals surface area contributed by atoms with Gasteiger partial charge in [-0.25, -0.2) is 14.5 Å². The summed E-state index contributed by atoms with van der Waals surface area (Å²) in [5.74, 6) is 0.805. The second-order valence-electron chi connectivity index (χ2n) is 6.60. The molecule has 3 rings (SSSR count). The molecule has 0 aliphatic carbocycles. The van der Waals surface area contributed by atoms with E-state index in [1.807, 2.05) is 36.6 Å². The van der Waals surface area contributed by atoms with Crippen molar-refractivity contribution in [2.75, 3.05) is 18.1 Å². The topological polar surface area (TPSA) is 83.6 Å². The van der Waals surface area contributed by atoms with Gasteiger partial charge in [0.1, 0.15) is 22.2 Å². The molecular weight excluding hydrogens is 358 g/mol. The van der Waals surface area contributed by atoms with Crippen LogP contribution >= 0.6 is 11.8 Å². The van der Waals surface area contributed by atoms with Crippen LogP contribution in [0.25, 0.3) is 16.6 Å². The fraction of sp³-hybridized carbons (Fsp3) is 0.300. The minimum atomic E-state index is -0.230. The molecule has 0 aliphatic heterocycles. The molecule has 138 valence electrons. The van der Waals surface area contributed by atoms with E-state index in [-0.39, 0.29) is 5.56 Å². The molecule has 0 saturated heterocycles. The summed E-state index contributed by atoms with van der Waals surface area (Å²) in [5.41, 5.74) is 1.80. The minimum Gasteiger partial charge on any atom is -0.355 e. The van der Waals surface area contributed by atoms with E-state index < -0.39 is 0 Å². The van der Waals surface area contributed by atoms with Crippen molar-refractivity contribution in [3.05, 3.63) is 51.9 Å². The number of nitriles is 1. The van der Waals surface area contributed by atoms with Crippen LogP contribution in [0.2, 0.25) is 0 Å². The largest absolute Gasteiger partial charge is 0.355 e. The highest BCUT2D eigenvalue weighted by Gasteiger charge is 2.20. The summed E-state index contributed by atoms with van der Waals surface area (Å²) in [5, 5.41) is 13.9. The molecule has 2 heterocycles. The van der Waals surface area contributed by atoms with Crippen molar-refractivity contribution in [1.29, 1.82) is 5.26 Å². The van der Waals surface area contributed by atoms with Crippen LogP contribution in [-0.4, -0.2) is 27.3 Å². The monoisotopic (exact) mass is 379 g/mol. The maximum Gasteiger partial charge on any atom is 0.269 e. The van der Waals surface area contributed by atoms with E-state index in [1.165, 1.54) is 11.8 Å². The Balaban J connectivity index is 2.41. The molecular formula is C20H21N5OS. The summed E-state index contributed by atoms with van der Waals surface area (Å²) in [6.07, 6.45) is 1.86. The number of para-hydroxylation sites is 1. The zero-order valence-corrected chi connectivity index (χ0v) is 16.6. The van der Waals surface area contributed by atoms with Gasteiger partial charge in [0.05, 0.1) is 16.8 Å². The van der Waals surface area contributed by atoms with E-state index in [1.54, 1.807) is 11.5 Å². The van der Waals surface area contributed by atoms with E-state index in [0.717, 1.165) is 5.69 Å². The Morgan fingerprint density at radius 2 is 1.96 bits per heavy atom. The van der Waals surface area contributed by atoms with Crippen LogP contribution in [0, 0.1) is 24.2 Å². The first-order valence-corrected chi connectivity index (χ1v) is 9.91. The van der Waals surface area contributed by atoms with Crippen LogP contribution in [0.4, 0.5) is 5.95 Å². The lowest BCUT2D eigenvalue weighted by Gasteiger charge is -2.17. The first-order valence-electron chi connectivity index (χ1n) is 8.68. The molecule has 0 amide bonds. The second kappa shape index (κ2) is 7.80.